The Kier molecular flexibility index (Phi) is 2.98. The van der Waals surface area contributed by atoms with Crippen LogP contribution in [0.15, 0.2) is 29.0 Å². The van der Waals surface area contributed by atoms with Crippen LogP contribution in [0.2, 0.25) is 0 Å². The number of fused-ring (bicyclic) bond motifs is 1. The van der Waals surface area contributed by atoms with Crippen LogP contribution in [0.4, 0.5) is 0 Å². The van der Waals surface area contributed by atoms with Crippen molar-refractivity contribution in [2.45, 2.75) is 25.8 Å². The van der Waals surface area contributed by atoms with Crippen molar-refractivity contribution < 1.29 is 14.3 Å². The first-order valence-corrected chi connectivity index (χ1v) is 6.46. The van der Waals surface area contributed by atoms with Gasteiger partial charge >= 0.3 is 5.97 Å². The van der Waals surface area contributed by atoms with Crippen molar-refractivity contribution in [2.75, 3.05) is 6.54 Å². The largest absolute Gasteiger partial charge is 0.481 e. The molecule has 0 amide bonds. The highest BCUT2D eigenvalue weighted by Crippen LogP contribution is 2.40. The molecule has 1 aromatic carbocycles. The highest BCUT2D eigenvalue weighted by atomic mass is 16.4. The first-order chi connectivity index (χ1) is 9.20. The summed E-state index contributed by atoms with van der Waals surface area (Å²) in [7, 11) is 0. The van der Waals surface area contributed by atoms with Crippen LogP contribution in [0.3, 0.4) is 0 Å². The van der Waals surface area contributed by atoms with Gasteiger partial charge in [0.15, 0.2) is 12.0 Å². The van der Waals surface area contributed by atoms with E-state index < -0.39 is 11.4 Å². The second-order valence-electron chi connectivity index (χ2n) is 5.20. The molecule has 3 rings (SSSR count). The van der Waals surface area contributed by atoms with Crippen LogP contribution in [-0.4, -0.2) is 22.6 Å². The lowest BCUT2D eigenvalue weighted by atomic mass is 9.69. The lowest BCUT2D eigenvalue weighted by Crippen LogP contribution is -2.45. The first kappa shape index (κ1) is 12.2. The molecule has 0 spiro atoms. The Hall–Kier alpha value is -1.88. The number of oxazole rings is 1. The standard InChI is InChI=1S/C14H16N2O3/c17-13(18)14(4-1-5-14)8-15-7-10-2-3-11-12(6-10)19-9-16-11/h2-3,6,9,15H,1,4-5,7-8H2,(H,17,18). The van der Waals surface area contributed by atoms with Crippen LogP contribution < -0.4 is 5.32 Å². The molecule has 1 aromatic heterocycles. The summed E-state index contributed by atoms with van der Waals surface area (Å²) < 4.78 is 5.24. The predicted octanol–water partition coefficient (Wildman–Crippen LogP) is 2.17. The van der Waals surface area contributed by atoms with E-state index in [2.05, 4.69) is 10.3 Å². The Balaban J connectivity index is 1.61. The average Bonchev–Trinajstić information content (AvgIpc) is 2.79. The zero-order valence-corrected chi connectivity index (χ0v) is 10.6. The summed E-state index contributed by atoms with van der Waals surface area (Å²) in [6.45, 7) is 1.17. The molecular weight excluding hydrogens is 244 g/mol. The lowest BCUT2D eigenvalue weighted by Gasteiger charge is -2.37. The molecule has 19 heavy (non-hydrogen) atoms. The maximum atomic E-state index is 11.2. The first-order valence-electron chi connectivity index (χ1n) is 6.46. The number of nitrogens with one attached hydrogen (secondary N) is 1. The molecular formula is C14H16N2O3. The molecule has 0 unspecified atom stereocenters. The second kappa shape index (κ2) is 4.66. The number of carboxylic acids is 1. The molecule has 1 fully saturated rings. The summed E-state index contributed by atoms with van der Waals surface area (Å²) in [5, 5.41) is 12.5. The molecule has 0 aliphatic heterocycles. The van der Waals surface area contributed by atoms with Crippen LogP contribution >= 0.6 is 0 Å². The van der Waals surface area contributed by atoms with E-state index in [0.717, 1.165) is 35.9 Å². The molecule has 5 nitrogen and oxygen atoms in total. The third-order valence-electron chi connectivity index (χ3n) is 3.95. The number of carboxylic acid groups (broad SMARTS) is 1. The van der Waals surface area contributed by atoms with Crippen LogP contribution in [0.5, 0.6) is 0 Å². The minimum absolute atomic E-state index is 0.525. The van der Waals surface area contributed by atoms with Crippen LogP contribution in [-0.2, 0) is 11.3 Å². The van der Waals surface area contributed by atoms with E-state index in [9.17, 15) is 9.90 Å². The summed E-state index contributed by atoms with van der Waals surface area (Å²) in [6.07, 6.45) is 3.99. The van der Waals surface area contributed by atoms with Crippen LogP contribution in [0, 0.1) is 5.41 Å². The molecule has 0 bridgehead atoms. The topological polar surface area (TPSA) is 75.4 Å². The lowest BCUT2D eigenvalue weighted by molar-refractivity contribution is -0.154. The van der Waals surface area contributed by atoms with E-state index in [4.69, 9.17) is 4.42 Å². The number of benzene rings is 1. The SMILES string of the molecule is O=C(O)C1(CNCc2ccc3ncoc3c2)CCC1. The Morgan fingerprint density at radius 1 is 1.47 bits per heavy atom. The van der Waals surface area contributed by atoms with Gasteiger partial charge in [0, 0.05) is 13.1 Å². The molecule has 0 saturated heterocycles. The van der Waals surface area contributed by atoms with Crippen molar-refractivity contribution >= 4 is 17.1 Å². The van der Waals surface area contributed by atoms with Gasteiger partial charge in [-0.3, -0.25) is 4.79 Å². The summed E-state index contributed by atoms with van der Waals surface area (Å²) in [4.78, 5) is 15.3. The Labute approximate surface area is 110 Å². The molecule has 1 heterocycles. The van der Waals surface area contributed by atoms with Crippen molar-refractivity contribution in [3.63, 3.8) is 0 Å². The molecule has 2 N–H and O–H groups in total. The molecule has 1 aliphatic rings. The highest BCUT2D eigenvalue weighted by molar-refractivity contribution is 5.76. The average molecular weight is 260 g/mol. The van der Waals surface area contributed by atoms with Gasteiger partial charge in [0.05, 0.1) is 5.41 Å². The zero-order chi connectivity index (χ0) is 13.3. The van der Waals surface area contributed by atoms with Gasteiger partial charge in [-0.25, -0.2) is 4.98 Å². The predicted molar refractivity (Wildman–Crippen MR) is 69.6 cm³/mol. The van der Waals surface area contributed by atoms with E-state index in [1.54, 1.807) is 0 Å². The number of nitrogens with zero attached hydrogens (tertiary/aromatic N) is 1. The summed E-state index contributed by atoms with van der Waals surface area (Å²) in [6, 6.07) is 5.82. The normalized spacial score (nSPS) is 17.3. The van der Waals surface area contributed by atoms with Crippen molar-refractivity contribution in [3.8, 4) is 0 Å². The summed E-state index contributed by atoms with van der Waals surface area (Å²) >= 11 is 0. The fourth-order valence-corrected chi connectivity index (χ4v) is 2.53. The van der Waals surface area contributed by atoms with Crippen molar-refractivity contribution in [1.29, 1.82) is 0 Å². The maximum absolute atomic E-state index is 11.2. The van der Waals surface area contributed by atoms with Crippen LogP contribution in [0.1, 0.15) is 24.8 Å². The maximum Gasteiger partial charge on any atom is 0.310 e. The molecule has 1 aliphatic carbocycles. The minimum Gasteiger partial charge on any atom is -0.481 e. The van der Waals surface area contributed by atoms with Gasteiger partial charge in [-0.2, -0.15) is 0 Å². The molecule has 2 aromatic rings. The second-order valence-corrected chi connectivity index (χ2v) is 5.20. The fraction of sp³-hybridized carbons (Fsp3) is 0.429. The summed E-state index contributed by atoms with van der Waals surface area (Å²) in [5.41, 5.74) is 2.13. The third kappa shape index (κ3) is 2.21. The fourth-order valence-electron chi connectivity index (χ4n) is 2.53. The van der Waals surface area contributed by atoms with E-state index in [-0.39, 0.29) is 0 Å². The Morgan fingerprint density at radius 2 is 2.32 bits per heavy atom. The van der Waals surface area contributed by atoms with E-state index in [1.807, 2.05) is 18.2 Å². The Morgan fingerprint density at radius 3 is 3.00 bits per heavy atom. The number of rotatable bonds is 5. The smallest absolute Gasteiger partial charge is 0.310 e. The van der Waals surface area contributed by atoms with Crippen molar-refractivity contribution in [1.82, 2.24) is 10.3 Å². The number of carbonyl (C=O) groups is 1. The quantitative estimate of drug-likeness (QED) is 0.861. The molecule has 1 saturated carbocycles. The van der Waals surface area contributed by atoms with Gasteiger partial charge in [0.1, 0.15) is 5.52 Å². The molecule has 0 atom stereocenters. The number of aromatic nitrogens is 1. The molecule has 100 valence electrons. The van der Waals surface area contributed by atoms with Gasteiger partial charge in [0.25, 0.3) is 0 Å². The van der Waals surface area contributed by atoms with Gasteiger partial charge in [0.2, 0.25) is 0 Å². The van der Waals surface area contributed by atoms with Crippen molar-refractivity contribution in [3.05, 3.63) is 30.2 Å². The zero-order valence-electron chi connectivity index (χ0n) is 10.6. The van der Waals surface area contributed by atoms with E-state index in [1.165, 1.54) is 6.39 Å². The number of hydrogen-bond donors (Lipinski definition) is 2. The minimum atomic E-state index is -0.683. The van der Waals surface area contributed by atoms with Gasteiger partial charge in [-0.15, -0.1) is 0 Å². The number of hydrogen-bond acceptors (Lipinski definition) is 4. The van der Waals surface area contributed by atoms with Gasteiger partial charge in [-0.05, 0) is 30.5 Å². The third-order valence-corrected chi connectivity index (χ3v) is 3.95. The van der Waals surface area contributed by atoms with Crippen molar-refractivity contribution in [2.24, 2.45) is 5.41 Å². The highest BCUT2D eigenvalue weighted by Gasteiger charge is 2.43. The monoisotopic (exact) mass is 260 g/mol. The van der Waals surface area contributed by atoms with Gasteiger partial charge in [-0.1, -0.05) is 12.5 Å². The number of aliphatic carboxylic acids is 1. The summed E-state index contributed by atoms with van der Waals surface area (Å²) in [5.74, 6) is -0.683. The molecule has 5 heteroatoms. The van der Waals surface area contributed by atoms with E-state index in [0.29, 0.717) is 13.1 Å². The Bertz CT molecular complexity index is 602. The van der Waals surface area contributed by atoms with E-state index >= 15 is 0 Å². The van der Waals surface area contributed by atoms with Crippen LogP contribution in [0.25, 0.3) is 11.1 Å². The van der Waals surface area contributed by atoms with Gasteiger partial charge < -0.3 is 14.8 Å². The molecule has 0 radical (unpaired) electrons.